The van der Waals surface area contributed by atoms with Gasteiger partial charge >= 0.3 is 0 Å². The van der Waals surface area contributed by atoms with Crippen LogP contribution in [0, 0.1) is 0 Å². The van der Waals surface area contributed by atoms with Crippen molar-refractivity contribution in [2.45, 2.75) is 6.42 Å². The number of nitrogens with two attached hydrogens (primary N) is 1. The topological polar surface area (TPSA) is 38.0 Å². The average Bonchev–Trinajstić information content (AvgIpc) is 2.09. The second-order valence-corrected chi connectivity index (χ2v) is 3.40. The van der Waals surface area contributed by atoms with Crippen LogP contribution in [-0.2, 0) is 0 Å². The molecular weight excluding hydrogens is 216 g/mol. The van der Waals surface area contributed by atoms with Gasteiger partial charge < -0.3 is 11.1 Å². The summed E-state index contributed by atoms with van der Waals surface area (Å²) in [6.45, 7) is 1.66. The van der Waals surface area contributed by atoms with Crippen LogP contribution in [0.2, 0.25) is 0 Å². The van der Waals surface area contributed by atoms with E-state index < -0.39 is 0 Å². The number of halogens is 1. The normalized spacial score (nSPS) is 9.83. The first-order chi connectivity index (χ1) is 5.84. The minimum absolute atomic E-state index is 0.734. The van der Waals surface area contributed by atoms with Gasteiger partial charge in [0.25, 0.3) is 0 Å². The van der Waals surface area contributed by atoms with Gasteiger partial charge in [-0.3, -0.25) is 0 Å². The highest BCUT2D eigenvalue weighted by Gasteiger charge is 1.94. The predicted molar refractivity (Wildman–Crippen MR) is 56.3 cm³/mol. The summed E-state index contributed by atoms with van der Waals surface area (Å²) in [6.07, 6.45) is 1.00. The molecule has 1 rings (SSSR count). The Balaban J connectivity index is 2.46. The van der Waals surface area contributed by atoms with Crippen LogP contribution in [0.1, 0.15) is 6.42 Å². The molecule has 12 heavy (non-hydrogen) atoms. The molecule has 0 saturated carbocycles. The molecule has 0 bridgehead atoms. The summed E-state index contributed by atoms with van der Waals surface area (Å²) in [7, 11) is 0. The Hall–Kier alpha value is -0.540. The van der Waals surface area contributed by atoms with Crippen molar-refractivity contribution in [1.29, 1.82) is 0 Å². The first-order valence-electron chi connectivity index (χ1n) is 4.03. The van der Waals surface area contributed by atoms with Crippen LogP contribution < -0.4 is 11.1 Å². The lowest BCUT2D eigenvalue weighted by atomic mass is 10.3. The number of rotatable bonds is 4. The average molecular weight is 229 g/mol. The maximum atomic E-state index is 5.38. The van der Waals surface area contributed by atoms with Crippen LogP contribution in [0.5, 0.6) is 0 Å². The van der Waals surface area contributed by atoms with E-state index in [-0.39, 0.29) is 0 Å². The lowest BCUT2D eigenvalue weighted by molar-refractivity contribution is 0.874. The van der Waals surface area contributed by atoms with Gasteiger partial charge in [0.1, 0.15) is 0 Å². The fourth-order valence-corrected chi connectivity index (χ4v) is 1.35. The summed E-state index contributed by atoms with van der Waals surface area (Å²) >= 11 is 3.45. The van der Waals surface area contributed by atoms with Gasteiger partial charge in [-0.2, -0.15) is 0 Å². The molecule has 0 radical (unpaired) electrons. The van der Waals surface area contributed by atoms with Crippen LogP contribution in [0.4, 0.5) is 5.69 Å². The van der Waals surface area contributed by atoms with E-state index in [0.717, 1.165) is 29.7 Å². The summed E-state index contributed by atoms with van der Waals surface area (Å²) in [5.41, 5.74) is 6.51. The fourth-order valence-electron chi connectivity index (χ4n) is 0.930. The molecule has 0 spiro atoms. The second-order valence-electron chi connectivity index (χ2n) is 2.55. The molecule has 0 amide bonds. The van der Waals surface area contributed by atoms with Gasteiger partial charge in [0.15, 0.2) is 0 Å². The van der Waals surface area contributed by atoms with Gasteiger partial charge in [-0.1, -0.05) is 12.1 Å². The molecule has 0 aromatic heterocycles. The minimum atomic E-state index is 0.734. The predicted octanol–water partition coefficient (Wildman–Crippen LogP) is 2.21. The van der Waals surface area contributed by atoms with E-state index in [2.05, 4.69) is 21.2 Å². The Kier molecular flexibility index (Phi) is 4.11. The zero-order valence-electron chi connectivity index (χ0n) is 6.89. The lowest BCUT2D eigenvalue weighted by Gasteiger charge is -2.06. The number of anilines is 1. The third-order valence-corrected chi connectivity index (χ3v) is 2.26. The van der Waals surface area contributed by atoms with Gasteiger partial charge in [-0.15, -0.1) is 0 Å². The van der Waals surface area contributed by atoms with Crippen molar-refractivity contribution in [2.75, 3.05) is 18.4 Å². The van der Waals surface area contributed by atoms with Crippen molar-refractivity contribution in [3.63, 3.8) is 0 Å². The van der Waals surface area contributed by atoms with Crippen LogP contribution in [0.15, 0.2) is 28.7 Å². The van der Waals surface area contributed by atoms with E-state index in [4.69, 9.17) is 5.73 Å². The van der Waals surface area contributed by atoms with Crippen molar-refractivity contribution in [3.05, 3.63) is 28.7 Å². The summed E-state index contributed by atoms with van der Waals surface area (Å²) in [5, 5.41) is 3.29. The Bertz CT molecular complexity index is 238. The van der Waals surface area contributed by atoms with Crippen molar-refractivity contribution in [3.8, 4) is 0 Å². The maximum absolute atomic E-state index is 5.38. The molecule has 2 nitrogen and oxygen atoms in total. The molecule has 0 atom stereocenters. The highest BCUT2D eigenvalue weighted by atomic mass is 79.9. The van der Waals surface area contributed by atoms with Crippen molar-refractivity contribution >= 4 is 21.6 Å². The quantitative estimate of drug-likeness (QED) is 0.777. The summed E-state index contributed by atoms with van der Waals surface area (Å²) in [6, 6.07) is 8.07. The van der Waals surface area contributed by atoms with E-state index in [9.17, 15) is 0 Å². The molecule has 3 heteroatoms. The smallest absolute Gasteiger partial charge is 0.0484 e. The third-order valence-electron chi connectivity index (χ3n) is 1.57. The maximum Gasteiger partial charge on any atom is 0.0484 e. The molecule has 0 heterocycles. The molecule has 3 N–H and O–H groups in total. The van der Waals surface area contributed by atoms with E-state index in [0.29, 0.717) is 0 Å². The highest BCUT2D eigenvalue weighted by Crippen LogP contribution is 2.20. The van der Waals surface area contributed by atoms with Crippen molar-refractivity contribution in [1.82, 2.24) is 0 Å². The summed E-state index contributed by atoms with van der Waals surface area (Å²) in [5.74, 6) is 0. The van der Waals surface area contributed by atoms with E-state index in [1.807, 2.05) is 24.3 Å². The Labute approximate surface area is 81.3 Å². The first-order valence-corrected chi connectivity index (χ1v) is 4.82. The van der Waals surface area contributed by atoms with Gasteiger partial charge in [-0.05, 0) is 41.0 Å². The van der Waals surface area contributed by atoms with Crippen molar-refractivity contribution < 1.29 is 0 Å². The minimum Gasteiger partial charge on any atom is -0.384 e. The van der Waals surface area contributed by atoms with E-state index in [1.165, 1.54) is 0 Å². The largest absolute Gasteiger partial charge is 0.384 e. The Morgan fingerprint density at radius 2 is 2.08 bits per heavy atom. The number of hydrogen-bond donors (Lipinski definition) is 2. The number of hydrogen-bond acceptors (Lipinski definition) is 2. The molecule has 0 saturated heterocycles. The van der Waals surface area contributed by atoms with Gasteiger partial charge in [-0.25, -0.2) is 0 Å². The Morgan fingerprint density at radius 1 is 1.33 bits per heavy atom. The first kappa shape index (κ1) is 9.55. The fraction of sp³-hybridized carbons (Fsp3) is 0.333. The van der Waals surface area contributed by atoms with E-state index in [1.54, 1.807) is 0 Å². The standard InChI is InChI=1S/C9H13BrN2/c10-8-4-1-2-5-9(8)12-7-3-6-11/h1-2,4-5,12H,3,6-7,11H2. The molecule has 0 unspecified atom stereocenters. The van der Waals surface area contributed by atoms with Gasteiger partial charge in [0.05, 0.1) is 0 Å². The van der Waals surface area contributed by atoms with Gasteiger partial charge in [0.2, 0.25) is 0 Å². The molecule has 0 aliphatic carbocycles. The zero-order chi connectivity index (χ0) is 8.81. The zero-order valence-corrected chi connectivity index (χ0v) is 8.47. The molecular formula is C9H13BrN2. The van der Waals surface area contributed by atoms with Crippen LogP contribution in [0.3, 0.4) is 0 Å². The number of para-hydroxylation sites is 1. The van der Waals surface area contributed by atoms with Crippen LogP contribution >= 0.6 is 15.9 Å². The third kappa shape index (κ3) is 2.83. The Morgan fingerprint density at radius 3 is 2.75 bits per heavy atom. The molecule has 66 valence electrons. The monoisotopic (exact) mass is 228 g/mol. The molecule has 1 aromatic carbocycles. The molecule has 0 aliphatic rings. The van der Waals surface area contributed by atoms with Crippen molar-refractivity contribution in [2.24, 2.45) is 5.73 Å². The summed E-state index contributed by atoms with van der Waals surface area (Å²) in [4.78, 5) is 0. The highest BCUT2D eigenvalue weighted by molar-refractivity contribution is 9.10. The lowest BCUT2D eigenvalue weighted by Crippen LogP contribution is -2.08. The van der Waals surface area contributed by atoms with Gasteiger partial charge in [0, 0.05) is 16.7 Å². The molecule has 0 aliphatic heterocycles. The second kappa shape index (κ2) is 5.17. The summed E-state index contributed by atoms with van der Waals surface area (Å²) < 4.78 is 1.10. The number of nitrogens with one attached hydrogen (secondary N) is 1. The molecule has 0 fully saturated rings. The number of benzene rings is 1. The van der Waals surface area contributed by atoms with Crippen LogP contribution in [0.25, 0.3) is 0 Å². The SMILES string of the molecule is NCCCNc1ccccc1Br. The van der Waals surface area contributed by atoms with E-state index >= 15 is 0 Å². The molecule has 1 aromatic rings. The van der Waals surface area contributed by atoms with Crippen LogP contribution in [-0.4, -0.2) is 13.1 Å².